The molecule has 0 radical (unpaired) electrons. The first-order valence-electron chi connectivity index (χ1n) is 6.57. The van der Waals surface area contributed by atoms with Crippen molar-refractivity contribution in [1.29, 1.82) is 0 Å². The van der Waals surface area contributed by atoms with Crippen LogP contribution in [-0.4, -0.2) is 64.5 Å². The molecule has 21 heavy (non-hydrogen) atoms. The Balaban J connectivity index is 2.01. The molecule has 9 heteroatoms. The summed E-state index contributed by atoms with van der Waals surface area (Å²) in [5, 5.41) is 9.01. The Morgan fingerprint density at radius 3 is 2.57 bits per heavy atom. The van der Waals surface area contributed by atoms with E-state index < -0.39 is 42.5 Å². The highest BCUT2D eigenvalue weighted by molar-refractivity contribution is 5.91. The number of carbonyl (C=O) groups is 3. The minimum absolute atomic E-state index is 0.264. The van der Waals surface area contributed by atoms with Gasteiger partial charge in [0.25, 0.3) is 0 Å². The maximum absolute atomic E-state index is 12.3. The van der Waals surface area contributed by atoms with Crippen LogP contribution in [0.3, 0.4) is 0 Å². The molecule has 118 valence electrons. The van der Waals surface area contributed by atoms with E-state index in [1.807, 2.05) is 0 Å². The molecule has 2 fully saturated rings. The minimum Gasteiger partial charge on any atom is -0.480 e. The Kier molecular flexibility index (Phi) is 4.11. The van der Waals surface area contributed by atoms with E-state index in [0.717, 1.165) is 4.90 Å². The number of nitrogens with zero attached hydrogens (tertiary/aromatic N) is 2. The molecule has 0 aromatic carbocycles. The van der Waals surface area contributed by atoms with Crippen molar-refractivity contribution in [3.8, 4) is 0 Å². The summed E-state index contributed by atoms with van der Waals surface area (Å²) in [5.41, 5.74) is 0. The smallest absolute Gasteiger partial charge is 0.406 e. The van der Waals surface area contributed by atoms with Crippen molar-refractivity contribution in [2.75, 3.05) is 19.6 Å². The Morgan fingerprint density at radius 1 is 1.33 bits per heavy atom. The highest BCUT2D eigenvalue weighted by Gasteiger charge is 2.44. The lowest BCUT2D eigenvalue weighted by Crippen LogP contribution is -2.44. The lowest BCUT2D eigenvalue weighted by Gasteiger charge is -2.24. The predicted molar refractivity (Wildman–Crippen MR) is 63.1 cm³/mol. The topological polar surface area (TPSA) is 77.9 Å². The molecule has 0 spiro atoms. The second kappa shape index (κ2) is 5.53. The third-order valence-corrected chi connectivity index (χ3v) is 3.75. The molecule has 2 rings (SSSR count). The monoisotopic (exact) mass is 308 g/mol. The molecule has 6 nitrogen and oxygen atoms in total. The van der Waals surface area contributed by atoms with Crippen molar-refractivity contribution in [2.45, 2.75) is 31.5 Å². The maximum atomic E-state index is 12.3. The van der Waals surface area contributed by atoms with Crippen molar-refractivity contribution >= 4 is 17.8 Å². The quantitative estimate of drug-likeness (QED) is 0.822. The molecule has 2 aliphatic rings. The SMILES string of the molecule is O=C(O)C1CCCN1C(=O)C1CC(=O)N(CC(F)(F)F)C1. The zero-order valence-electron chi connectivity index (χ0n) is 11.1. The van der Waals surface area contributed by atoms with E-state index in [1.54, 1.807) is 0 Å². The van der Waals surface area contributed by atoms with E-state index in [-0.39, 0.29) is 19.5 Å². The number of likely N-dealkylation sites (tertiary alicyclic amines) is 2. The van der Waals surface area contributed by atoms with Crippen LogP contribution < -0.4 is 0 Å². The summed E-state index contributed by atoms with van der Waals surface area (Å²) in [6, 6.07) is -0.940. The first-order valence-corrected chi connectivity index (χ1v) is 6.57. The van der Waals surface area contributed by atoms with Crippen LogP contribution in [-0.2, 0) is 14.4 Å². The zero-order valence-corrected chi connectivity index (χ0v) is 11.1. The Hall–Kier alpha value is -1.80. The number of carboxylic acids is 1. The normalized spacial score (nSPS) is 26.5. The van der Waals surface area contributed by atoms with Crippen LogP contribution in [0.2, 0.25) is 0 Å². The van der Waals surface area contributed by atoms with Gasteiger partial charge in [-0.05, 0) is 12.8 Å². The number of halogens is 3. The van der Waals surface area contributed by atoms with Gasteiger partial charge in [0.1, 0.15) is 12.6 Å². The summed E-state index contributed by atoms with van der Waals surface area (Å²) in [6.45, 7) is -1.42. The van der Waals surface area contributed by atoms with Gasteiger partial charge in [-0.3, -0.25) is 9.59 Å². The first-order chi connectivity index (χ1) is 9.69. The van der Waals surface area contributed by atoms with E-state index in [9.17, 15) is 27.6 Å². The van der Waals surface area contributed by atoms with Gasteiger partial charge >= 0.3 is 12.1 Å². The van der Waals surface area contributed by atoms with Gasteiger partial charge in [-0.15, -0.1) is 0 Å². The second-order valence-electron chi connectivity index (χ2n) is 5.32. The number of amides is 2. The molecule has 2 aliphatic heterocycles. The molecule has 0 aliphatic carbocycles. The Morgan fingerprint density at radius 2 is 2.00 bits per heavy atom. The maximum Gasteiger partial charge on any atom is 0.406 e. The molecular weight excluding hydrogens is 293 g/mol. The van der Waals surface area contributed by atoms with Crippen molar-refractivity contribution in [1.82, 2.24) is 9.80 Å². The van der Waals surface area contributed by atoms with Crippen LogP contribution >= 0.6 is 0 Å². The number of alkyl halides is 3. The Labute approximate surface area is 118 Å². The average molecular weight is 308 g/mol. The van der Waals surface area contributed by atoms with Crippen molar-refractivity contribution in [3.05, 3.63) is 0 Å². The average Bonchev–Trinajstić information content (AvgIpc) is 2.94. The molecule has 0 saturated carbocycles. The summed E-state index contributed by atoms with van der Waals surface area (Å²) < 4.78 is 36.9. The van der Waals surface area contributed by atoms with Crippen LogP contribution in [0.5, 0.6) is 0 Å². The molecule has 0 aromatic rings. The fourth-order valence-corrected chi connectivity index (χ4v) is 2.83. The van der Waals surface area contributed by atoms with Gasteiger partial charge < -0.3 is 14.9 Å². The summed E-state index contributed by atoms with van der Waals surface area (Å²) in [7, 11) is 0. The largest absolute Gasteiger partial charge is 0.480 e. The van der Waals surface area contributed by atoms with Crippen molar-refractivity contribution in [3.63, 3.8) is 0 Å². The highest BCUT2D eigenvalue weighted by Crippen LogP contribution is 2.27. The standard InChI is InChI=1S/C12H15F3N2O4/c13-12(14,15)6-16-5-7(4-9(16)18)10(19)17-3-1-2-8(17)11(20)21/h7-8H,1-6H2,(H,20,21). The predicted octanol–water partition coefficient (Wildman–Crippen LogP) is 0.473. The van der Waals surface area contributed by atoms with Crippen molar-refractivity contribution in [2.24, 2.45) is 5.92 Å². The number of carboxylic acid groups (broad SMARTS) is 1. The molecule has 2 heterocycles. The fraction of sp³-hybridized carbons (Fsp3) is 0.750. The number of hydrogen-bond acceptors (Lipinski definition) is 3. The summed E-state index contributed by atoms with van der Waals surface area (Å²) in [6.07, 6.45) is -3.94. The molecule has 2 unspecified atom stereocenters. The summed E-state index contributed by atoms with van der Waals surface area (Å²) in [4.78, 5) is 36.6. The molecule has 0 aromatic heterocycles. The van der Waals surface area contributed by atoms with Crippen LogP contribution in [0.25, 0.3) is 0 Å². The molecule has 1 N–H and O–H groups in total. The lowest BCUT2D eigenvalue weighted by molar-refractivity contribution is -0.157. The van der Waals surface area contributed by atoms with Crippen molar-refractivity contribution < 1.29 is 32.7 Å². The van der Waals surface area contributed by atoms with Crippen LogP contribution in [0.1, 0.15) is 19.3 Å². The van der Waals surface area contributed by atoms with Gasteiger partial charge in [0.15, 0.2) is 0 Å². The molecular formula is C12H15F3N2O4. The van der Waals surface area contributed by atoms with Crippen LogP contribution in [0.4, 0.5) is 13.2 Å². The van der Waals surface area contributed by atoms with Gasteiger partial charge in [-0.1, -0.05) is 0 Å². The van der Waals surface area contributed by atoms with E-state index in [4.69, 9.17) is 5.11 Å². The highest BCUT2D eigenvalue weighted by atomic mass is 19.4. The van der Waals surface area contributed by atoms with Gasteiger partial charge in [-0.2, -0.15) is 13.2 Å². The number of hydrogen-bond donors (Lipinski definition) is 1. The second-order valence-corrected chi connectivity index (χ2v) is 5.32. The molecule has 0 bridgehead atoms. The van der Waals surface area contributed by atoms with Gasteiger partial charge in [0, 0.05) is 19.5 Å². The summed E-state index contributed by atoms with van der Waals surface area (Å²) in [5.74, 6) is -3.29. The molecule has 2 amide bonds. The van der Waals surface area contributed by atoms with Crippen LogP contribution in [0.15, 0.2) is 0 Å². The van der Waals surface area contributed by atoms with Crippen LogP contribution in [0, 0.1) is 5.92 Å². The van der Waals surface area contributed by atoms with E-state index in [1.165, 1.54) is 0 Å². The summed E-state index contributed by atoms with van der Waals surface area (Å²) >= 11 is 0. The van der Waals surface area contributed by atoms with Gasteiger partial charge in [-0.25, -0.2) is 4.79 Å². The van der Waals surface area contributed by atoms with Gasteiger partial charge in [0.2, 0.25) is 11.8 Å². The lowest BCUT2D eigenvalue weighted by atomic mass is 10.1. The fourth-order valence-electron chi connectivity index (χ4n) is 2.83. The van der Waals surface area contributed by atoms with E-state index in [0.29, 0.717) is 17.7 Å². The van der Waals surface area contributed by atoms with E-state index >= 15 is 0 Å². The minimum atomic E-state index is -4.51. The Bertz CT molecular complexity index is 466. The number of rotatable bonds is 3. The first kappa shape index (κ1) is 15.6. The van der Waals surface area contributed by atoms with E-state index in [2.05, 4.69) is 0 Å². The number of carbonyl (C=O) groups excluding carboxylic acids is 2. The molecule has 2 atom stereocenters. The number of aliphatic carboxylic acids is 1. The third-order valence-electron chi connectivity index (χ3n) is 3.75. The molecule has 2 saturated heterocycles. The van der Waals surface area contributed by atoms with Gasteiger partial charge in [0.05, 0.1) is 5.92 Å². The third kappa shape index (κ3) is 3.45. The zero-order chi connectivity index (χ0) is 15.8.